The van der Waals surface area contributed by atoms with Gasteiger partial charge in [0.15, 0.2) is 0 Å². The summed E-state index contributed by atoms with van der Waals surface area (Å²) < 4.78 is 6.69. The van der Waals surface area contributed by atoms with E-state index in [0.29, 0.717) is 29.5 Å². The first-order chi connectivity index (χ1) is 10.1. The van der Waals surface area contributed by atoms with Crippen molar-refractivity contribution in [2.24, 2.45) is 0 Å². The van der Waals surface area contributed by atoms with Crippen molar-refractivity contribution in [3.63, 3.8) is 0 Å². The second kappa shape index (κ2) is 7.66. The number of halogens is 2. The molecule has 0 aliphatic heterocycles. The minimum absolute atomic E-state index is 0.0129. The highest BCUT2D eigenvalue weighted by atomic mass is 127. The average molecular weight is 416 g/mol. The van der Waals surface area contributed by atoms with Crippen LogP contribution in [-0.4, -0.2) is 31.0 Å². The van der Waals surface area contributed by atoms with E-state index in [4.69, 9.17) is 16.3 Å². The fourth-order valence-electron chi connectivity index (χ4n) is 1.77. The lowest BCUT2D eigenvalue weighted by molar-refractivity contribution is 0.0774. The van der Waals surface area contributed by atoms with Crippen molar-refractivity contribution in [2.45, 2.75) is 0 Å². The number of carbonyl (C=O) groups is 1. The summed E-state index contributed by atoms with van der Waals surface area (Å²) in [5, 5.41) is 0.635. The molecule has 2 aromatic carbocycles. The number of benzene rings is 2. The summed E-state index contributed by atoms with van der Waals surface area (Å²) in [4.78, 5) is 13.8. The Kier molecular flexibility index (Phi) is 5.87. The minimum Gasteiger partial charge on any atom is -0.492 e. The molecule has 0 bridgehead atoms. The van der Waals surface area contributed by atoms with Gasteiger partial charge in [-0.3, -0.25) is 4.79 Å². The first-order valence-corrected chi connectivity index (χ1v) is 7.91. The van der Waals surface area contributed by atoms with Crippen molar-refractivity contribution in [2.75, 3.05) is 20.2 Å². The Labute approximate surface area is 143 Å². The minimum atomic E-state index is -0.0129. The number of likely N-dealkylation sites (N-methyl/N-ethyl adjacent to an activating group) is 1. The Balaban J connectivity index is 1.85. The van der Waals surface area contributed by atoms with Crippen LogP contribution in [0.1, 0.15) is 10.4 Å². The van der Waals surface area contributed by atoms with Gasteiger partial charge in [0.25, 0.3) is 5.91 Å². The van der Waals surface area contributed by atoms with Gasteiger partial charge in [-0.2, -0.15) is 0 Å². The monoisotopic (exact) mass is 415 g/mol. The second-order valence-corrected chi connectivity index (χ2v) is 6.22. The number of ether oxygens (including phenoxy) is 1. The lowest BCUT2D eigenvalue weighted by Crippen LogP contribution is -2.30. The molecule has 0 spiro atoms. The maximum atomic E-state index is 12.2. The van der Waals surface area contributed by atoms with Crippen molar-refractivity contribution < 1.29 is 9.53 Å². The normalized spacial score (nSPS) is 10.2. The number of rotatable bonds is 5. The summed E-state index contributed by atoms with van der Waals surface area (Å²) in [6.45, 7) is 0.935. The molecule has 0 aliphatic carbocycles. The Morgan fingerprint density at radius 2 is 1.95 bits per heavy atom. The van der Waals surface area contributed by atoms with E-state index in [0.717, 1.165) is 3.57 Å². The summed E-state index contributed by atoms with van der Waals surface area (Å²) in [5.41, 5.74) is 0.681. The van der Waals surface area contributed by atoms with E-state index in [1.807, 2.05) is 36.4 Å². The molecule has 110 valence electrons. The summed E-state index contributed by atoms with van der Waals surface area (Å²) in [5.74, 6) is 0.693. The van der Waals surface area contributed by atoms with Gasteiger partial charge < -0.3 is 9.64 Å². The molecule has 0 N–H and O–H groups in total. The van der Waals surface area contributed by atoms with Crippen LogP contribution in [0.5, 0.6) is 5.75 Å². The molecule has 0 saturated heterocycles. The van der Waals surface area contributed by atoms with E-state index < -0.39 is 0 Å². The van der Waals surface area contributed by atoms with Crippen LogP contribution in [0.2, 0.25) is 5.02 Å². The lowest BCUT2D eigenvalue weighted by Gasteiger charge is -2.17. The van der Waals surface area contributed by atoms with Crippen molar-refractivity contribution in [3.8, 4) is 5.75 Å². The Hall–Kier alpha value is -1.27. The molecule has 0 atom stereocenters. The van der Waals surface area contributed by atoms with Crippen LogP contribution in [0.15, 0.2) is 48.5 Å². The van der Waals surface area contributed by atoms with Gasteiger partial charge in [0, 0.05) is 21.2 Å². The van der Waals surface area contributed by atoms with E-state index in [9.17, 15) is 4.79 Å². The highest BCUT2D eigenvalue weighted by Gasteiger charge is 2.11. The second-order valence-electron chi connectivity index (χ2n) is 4.54. The van der Waals surface area contributed by atoms with Gasteiger partial charge in [0.05, 0.1) is 6.54 Å². The molecule has 0 saturated carbocycles. The number of hydrogen-bond acceptors (Lipinski definition) is 2. The van der Waals surface area contributed by atoms with Crippen molar-refractivity contribution in [1.29, 1.82) is 0 Å². The average Bonchev–Trinajstić information content (AvgIpc) is 2.47. The number of nitrogens with zero attached hydrogens (tertiary/aromatic N) is 1. The van der Waals surface area contributed by atoms with Crippen LogP contribution in [-0.2, 0) is 0 Å². The van der Waals surface area contributed by atoms with Crippen LogP contribution in [0, 0.1) is 3.57 Å². The molecule has 2 rings (SSSR count). The first kappa shape index (κ1) is 16.1. The zero-order valence-corrected chi connectivity index (χ0v) is 14.5. The van der Waals surface area contributed by atoms with Gasteiger partial charge in [-0.05, 0) is 65.1 Å². The van der Waals surface area contributed by atoms with Crippen LogP contribution in [0.25, 0.3) is 0 Å². The molecule has 1 amide bonds. The van der Waals surface area contributed by atoms with E-state index in [-0.39, 0.29) is 5.91 Å². The molecule has 2 aromatic rings. The zero-order valence-electron chi connectivity index (χ0n) is 11.6. The third-order valence-electron chi connectivity index (χ3n) is 2.93. The maximum absolute atomic E-state index is 12.2. The Morgan fingerprint density at radius 1 is 1.24 bits per heavy atom. The van der Waals surface area contributed by atoms with E-state index in [1.54, 1.807) is 24.1 Å². The summed E-state index contributed by atoms with van der Waals surface area (Å²) in [7, 11) is 1.77. The predicted molar refractivity (Wildman–Crippen MR) is 93.1 cm³/mol. The van der Waals surface area contributed by atoms with Gasteiger partial charge in [-0.25, -0.2) is 0 Å². The topological polar surface area (TPSA) is 29.5 Å². The molecule has 21 heavy (non-hydrogen) atoms. The summed E-state index contributed by atoms with van der Waals surface area (Å²) in [6.07, 6.45) is 0. The Bertz CT molecular complexity index is 616. The lowest BCUT2D eigenvalue weighted by atomic mass is 10.2. The molecule has 3 nitrogen and oxygen atoms in total. The molecule has 0 radical (unpaired) electrons. The molecule has 0 fully saturated rings. The largest absolute Gasteiger partial charge is 0.492 e. The highest BCUT2D eigenvalue weighted by Crippen LogP contribution is 2.17. The third-order valence-corrected chi connectivity index (χ3v) is 3.88. The van der Waals surface area contributed by atoms with Gasteiger partial charge in [0.2, 0.25) is 0 Å². The Morgan fingerprint density at radius 3 is 2.62 bits per heavy atom. The molecule has 0 aliphatic rings. The van der Waals surface area contributed by atoms with Gasteiger partial charge >= 0.3 is 0 Å². The van der Waals surface area contributed by atoms with Gasteiger partial charge in [0.1, 0.15) is 12.4 Å². The fourth-order valence-corrected chi connectivity index (χ4v) is 2.31. The third kappa shape index (κ3) is 4.89. The van der Waals surface area contributed by atoms with Crippen LogP contribution in [0.4, 0.5) is 0 Å². The van der Waals surface area contributed by atoms with E-state index in [1.165, 1.54) is 0 Å². The van der Waals surface area contributed by atoms with Crippen molar-refractivity contribution >= 4 is 40.1 Å². The van der Waals surface area contributed by atoms with Crippen LogP contribution >= 0.6 is 34.2 Å². The summed E-state index contributed by atoms with van der Waals surface area (Å²) in [6, 6.07) is 14.7. The quantitative estimate of drug-likeness (QED) is 0.688. The molecule has 0 aromatic heterocycles. The first-order valence-electron chi connectivity index (χ1n) is 6.45. The molecular formula is C16H15ClINO2. The highest BCUT2D eigenvalue weighted by molar-refractivity contribution is 14.1. The summed E-state index contributed by atoms with van der Waals surface area (Å²) >= 11 is 8.10. The smallest absolute Gasteiger partial charge is 0.253 e. The zero-order chi connectivity index (χ0) is 15.2. The fraction of sp³-hybridized carbons (Fsp3) is 0.188. The van der Waals surface area contributed by atoms with Crippen LogP contribution in [0.3, 0.4) is 0 Å². The van der Waals surface area contributed by atoms with E-state index in [2.05, 4.69) is 22.6 Å². The van der Waals surface area contributed by atoms with Crippen molar-refractivity contribution in [3.05, 3.63) is 62.7 Å². The van der Waals surface area contributed by atoms with Gasteiger partial charge in [-0.1, -0.05) is 17.7 Å². The predicted octanol–water partition coefficient (Wildman–Crippen LogP) is 4.10. The standard InChI is InChI=1S/C16H15ClINO2/c1-19(16(20)12-5-7-14(18)8-6-12)9-10-21-15-4-2-3-13(17)11-15/h2-8,11H,9-10H2,1H3. The number of hydrogen-bond donors (Lipinski definition) is 0. The van der Waals surface area contributed by atoms with E-state index >= 15 is 0 Å². The van der Waals surface area contributed by atoms with Gasteiger partial charge in [-0.15, -0.1) is 0 Å². The molecule has 0 unspecified atom stereocenters. The van der Waals surface area contributed by atoms with Crippen LogP contribution < -0.4 is 4.74 Å². The molecular weight excluding hydrogens is 401 g/mol. The molecule has 0 heterocycles. The SMILES string of the molecule is CN(CCOc1cccc(Cl)c1)C(=O)c1ccc(I)cc1. The maximum Gasteiger partial charge on any atom is 0.253 e. The number of amides is 1. The molecule has 5 heteroatoms. The number of carbonyl (C=O) groups excluding carboxylic acids is 1. The van der Waals surface area contributed by atoms with Crippen molar-refractivity contribution in [1.82, 2.24) is 4.90 Å².